The summed E-state index contributed by atoms with van der Waals surface area (Å²) >= 11 is 3.37. The lowest BCUT2D eigenvalue weighted by atomic mass is 10.2. The third-order valence-corrected chi connectivity index (χ3v) is 4.91. The fourth-order valence-corrected chi connectivity index (χ4v) is 3.98. The fraction of sp³-hybridized carbons (Fsp3) is 0.200. The van der Waals surface area contributed by atoms with Gasteiger partial charge in [-0.2, -0.15) is 0 Å². The van der Waals surface area contributed by atoms with E-state index in [1.54, 1.807) is 25.1 Å². The van der Waals surface area contributed by atoms with E-state index < -0.39 is 10.0 Å². The van der Waals surface area contributed by atoms with Crippen LogP contribution in [0.4, 0.5) is 5.69 Å². The van der Waals surface area contributed by atoms with Crippen molar-refractivity contribution in [2.75, 3.05) is 4.72 Å². The van der Waals surface area contributed by atoms with Crippen LogP contribution in [-0.4, -0.2) is 8.42 Å². The highest BCUT2D eigenvalue weighted by Crippen LogP contribution is 2.24. The van der Waals surface area contributed by atoms with Crippen molar-refractivity contribution in [3.05, 3.63) is 57.6 Å². The van der Waals surface area contributed by atoms with Crippen LogP contribution in [0.1, 0.15) is 16.7 Å². The van der Waals surface area contributed by atoms with Gasteiger partial charge in [0.05, 0.1) is 10.6 Å². The summed E-state index contributed by atoms with van der Waals surface area (Å²) in [5.74, 6) is 0. The number of anilines is 1. The van der Waals surface area contributed by atoms with Crippen LogP contribution in [0.5, 0.6) is 0 Å². The monoisotopic (exact) mass is 353 g/mol. The van der Waals surface area contributed by atoms with Crippen molar-refractivity contribution in [1.29, 1.82) is 0 Å². The van der Waals surface area contributed by atoms with Gasteiger partial charge in [0.1, 0.15) is 0 Å². The second-order valence-corrected chi connectivity index (χ2v) is 7.46. The van der Waals surface area contributed by atoms with Gasteiger partial charge in [0.15, 0.2) is 0 Å². The average Bonchev–Trinajstić information content (AvgIpc) is 2.30. The van der Waals surface area contributed by atoms with E-state index in [0.717, 1.165) is 21.2 Å². The minimum absolute atomic E-state index is 0.315. The number of benzene rings is 2. The molecule has 0 amide bonds. The minimum atomic E-state index is -3.57. The molecule has 2 aromatic carbocycles. The van der Waals surface area contributed by atoms with Crippen molar-refractivity contribution >= 4 is 31.6 Å². The molecule has 20 heavy (non-hydrogen) atoms. The van der Waals surface area contributed by atoms with Gasteiger partial charge in [-0.05, 0) is 61.7 Å². The Morgan fingerprint density at radius 2 is 1.65 bits per heavy atom. The first-order valence-corrected chi connectivity index (χ1v) is 8.43. The smallest absolute Gasteiger partial charge is 0.262 e. The van der Waals surface area contributed by atoms with Gasteiger partial charge in [-0.3, -0.25) is 4.72 Å². The molecular weight excluding hydrogens is 338 g/mol. The summed E-state index contributed by atoms with van der Waals surface area (Å²) in [5.41, 5.74) is 3.19. The van der Waals surface area contributed by atoms with E-state index in [1.807, 2.05) is 32.0 Å². The van der Waals surface area contributed by atoms with Crippen molar-refractivity contribution in [2.45, 2.75) is 25.7 Å². The molecule has 106 valence electrons. The van der Waals surface area contributed by atoms with Crippen molar-refractivity contribution in [2.24, 2.45) is 0 Å². The Bertz CT molecular complexity index is 734. The molecule has 0 fully saturated rings. The highest BCUT2D eigenvalue weighted by atomic mass is 79.9. The largest absolute Gasteiger partial charge is 0.280 e. The predicted octanol–water partition coefficient (Wildman–Crippen LogP) is 4.18. The molecule has 0 atom stereocenters. The molecule has 3 nitrogen and oxygen atoms in total. The van der Waals surface area contributed by atoms with Gasteiger partial charge < -0.3 is 0 Å². The summed E-state index contributed by atoms with van der Waals surface area (Å²) in [6.07, 6.45) is 0. The molecule has 0 saturated carbocycles. The van der Waals surface area contributed by atoms with Crippen LogP contribution in [0.3, 0.4) is 0 Å². The molecule has 0 unspecified atom stereocenters. The van der Waals surface area contributed by atoms with Gasteiger partial charge >= 0.3 is 0 Å². The average molecular weight is 354 g/mol. The normalized spacial score (nSPS) is 11.4. The number of nitrogens with one attached hydrogen (secondary N) is 1. The zero-order valence-corrected chi connectivity index (χ0v) is 14.0. The summed E-state index contributed by atoms with van der Waals surface area (Å²) in [6, 6.07) is 10.9. The lowest BCUT2D eigenvalue weighted by Gasteiger charge is -2.12. The first-order valence-electron chi connectivity index (χ1n) is 6.15. The molecule has 2 aromatic rings. The Balaban J connectivity index is 2.43. The van der Waals surface area contributed by atoms with Gasteiger partial charge in [-0.1, -0.05) is 28.1 Å². The summed E-state index contributed by atoms with van der Waals surface area (Å²) in [4.78, 5) is 0.315. The summed E-state index contributed by atoms with van der Waals surface area (Å²) in [6.45, 7) is 5.59. The van der Waals surface area contributed by atoms with Crippen LogP contribution >= 0.6 is 15.9 Å². The third kappa shape index (κ3) is 3.41. The number of rotatable bonds is 3. The van der Waals surface area contributed by atoms with Crippen LogP contribution in [0.25, 0.3) is 0 Å². The van der Waals surface area contributed by atoms with Crippen LogP contribution in [0.2, 0.25) is 0 Å². The predicted molar refractivity (Wildman–Crippen MR) is 85.6 cm³/mol. The number of aryl methyl sites for hydroxylation is 3. The molecule has 0 saturated heterocycles. The quantitative estimate of drug-likeness (QED) is 0.899. The zero-order chi connectivity index (χ0) is 14.9. The number of sulfonamides is 1. The van der Waals surface area contributed by atoms with Gasteiger partial charge in [-0.25, -0.2) is 8.42 Å². The second kappa shape index (κ2) is 5.58. The maximum Gasteiger partial charge on any atom is 0.262 e. The molecule has 2 rings (SSSR count). The summed E-state index contributed by atoms with van der Waals surface area (Å²) in [5, 5.41) is 0. The molecule has 0 radical (unpaired) electrons. The molecule has 0 bridgehead atoms. The van der Waals surface area contributed by atoms with Crippen LogP contribution in [0, 0.1) is 20.8 Å². The molecule has 1 N–H and O–H groups in total. The molecule has 0 aliphatic carbocycles. The molecule has 5 heteroatoms. The van der Waals surface area contributed by atoms with Gasteiger partial charge in [0, 0.05) is 4.47 Å². The maximum absolute atomic E-state index is 12.5. The summed E-state index contributed by atoms with van der Waals surface area (Å²) in [7, 11) is -3.57. The van der Waals surface area contributed by atoms with E-state index in [-0.39, 0.29) is 0 Å². The molecule has 0 aromatic heterocycles. The van der Waals surface area contributed by atoms with E-state index in [1.165, 1.54) is 0 Å². The van der Waals surface area contributed by atoms with Crippen molar-refractivity contribution in [3.63, 3.8) is 0 Å². The number of halogens is 1. The van der Waals surface area contributed by atoms with Gasteiger partial charge in [0.2, 0.25) is 0 Å². The van der Waals surface area contributed by atoms with Crippen LogP contribution in [-0.2, 0) is 10.0 Å². The Morgan fingerprint density at radius 3 is 2.30 bits per heavy atom. The molecular formula is C15H16BrNO2S. The molecule has 0 aliphatic heterocycles. The summed E-state index contributed by atoms with van der Waals surface area (Å²) < 4.78 is 28.4. The van der Waals surface area contributed by atoms with E-state index in [0.29, 0.717) is 10.6 Å². The highest BCUT2D eigenvalue weighted by molar-refractivity contribution is 9.10. The number of hydrogen-bond acceptors (Lipinski definition) is 2. The van der Waals surface area contributed by atoms with Crippen molar-refractivity contribution in [1.82, 2.24) is 0 Å². The van der Waals surface area contributed by atoms with Crippen LogP contribution < -0.4 is 4.72 Å². The first-order chi connectivity index (χ1) is 9.28. The Hall–Kier alpha value is -1.33. The lowest BCUT2D eigenvalue weighted by molar-refractivity contribution is 0.600. The third-order valence-electron chi connectivity index (χ3n) is 2.93. The minimum Gasteiger partial charge on any atom is -0.280 e. The fourth-order valence-electron chi connectivity index (χ4n) is 2.00. The first kappa shape index (κ1) is 15.1. The standard InChI is InChI=1S/C15H16BrNO2S/c1-10-4-5-12(3)15(8-10)20(18,19)17-14-7-11(2)6-13(16)9-14/h4-9,17H,1-3H3. The van der Waals surface area contributed by atoms with Crippen LogP contribution in [0.15, 0.2) is 45.8 Å². The Labute approximate surface area is 128 Å². The van der Waals surface area contributed by atoms with Gasteiger partial charge in [0.25, 0.3) is 10.0 Å². The SMILES string of the molecule is Cc1cc(Br)cc(NS(=O)(=O)c2cc(C)ccc2C)c1. The molecule has 0 aliphatic rings. The molecule has 0 spiro atoms. The second-order valence-electron chi connectivity index (χ2n) is 4.89. The lowest BCUT2D eigenvalue weighted by Crippen LogP contribution is -2.14. The number of hydrogen-bond donors (Lipinski definition) is 1. The topological polar surface area (TPSA) is 46.2 Å². The highest BCUT2D eigenvalue weighted by Gasteiger charge is 2.17. The van der Waals surface area contributed by atoms with E-state index >= 15 is 0 Å². The van der Waals surface area contributed by atoms with E-state index in [9.17, 15) is 8.42 Å². The molecule has 0 heterocycles. The Kier molecular flexibility index (Phi) is 4.20. The van der Waals surface area contributed by atoms with E-state index in [4.69, 9.17) is 0 Å². The zero-order valence-electron chi connectivity index (χ0n) is 11.6. The van der Waals surface area contributed by atoms with Crippen molar-refractivity contribution in [3.8, 4) is 0 Å². The Morgan fingerprint density at radius 1 is 0.950 bits per heavy atom. The van der Waals surface area contributed by atoms with Crippen molar-refractivity contribution < 1.29 is 8.42 Å². The van der Waals surface area contributed by atoms with E-state index in [2.05, 4.69) is 20.7 Å². The maximum atomic E-state index is 12.5. The van der Waals surface area contributed by atoms with Gasteiger partial charge in [-0.15, -0.1) is 0 Å².